The van der Waals surface area contributed by atoms with Gasteiger partial charge >= 0.3 is 21.1 Å². The van der Waals surface area contributed by atoms with Gasteiger partial charge in [0, 0.05) is 49.8 Å². The van der Waals surface area contributed by atoms with Crippen molar-refractivity contribution in [1.29, 1.82) is 0 Å². The third-order valence-corrected chi connectivity index (χ3v) is 5.20. The number of nitrogens with zero attached hydrogens (tertiary/aromatic N) is 10. The van der Waals surface area contributed by atoms with Crippen LogP contribution in [0.2, 0.25) is 0 Å². The van der Waals surface area contributed by atoms with Crippen molar-refractivity contribution in [1.82, 2.24) is 24.0 Å². The monoisotopic (exact) mass is 605 g/mol. The van der Waals surface area contributed by atoms with Crippen molar-refractivity contribution in [2.24, 2.45) is 24.1 Å². The van der Waals surface area contributed by atoms with Gasteiger partial charge in [-0.25, -0.2) is 9.97 Å². The first-order valence-corrected chi connectivity index (χ1v) is 9.74. The molecule has 3 aliphatic rings. The van der Waals surface area contributed by atoms with Gasteiger partial charge in [-0.3, -0.25) is 0 Å². The van der Waals surface area contributed by atoms with E-state index in [4.69, 9.17) is 20.3 Å². The smallest absolute Gasteiger partial charge is 0.406 e. The van der Waals surface area contributed by atoms with Gasteiger partial charge in [0.15, 0.2) is 11.9 Å². The summed E-state index contributed by atoms with van der Waals surface area (Å²) in [5.74, 6) is 2.14. The zero-order chi connectivity index (χ0) is 21.1. The van der Waals surface area contributed by atoms with Gasteiger partial charge in [-0.1, -0.05) is 30.3 Å². The molecule has 8 bridgehead atoms. The maximum absolute atomic E-state index is 4.77. The number of aromatic nitrogens is 4. The fraction of sp³-hybridized carbons (Fsp3) is 0.143. The Labute approximate surface area is 199 Å². The van der Waals surface area contributed by atoms with Gasteiger partial charge in [-0.15, -0.1) is 0 Å². The van der Waals surface area contributed by atoms with Crippen LogP contribution in [0.4, 0.5) is 17.6 Å². The van der Waals surface area contributed by atoms with E-state index in [2.05, 4.69) is 10.3 Å². The van der Waals surface area contributed by atoms with Crippen LogP contribution in [0.1, 0.15) is 11.4 Å². The van der Waals surface area contributed by atoms with E-state index in [-0.39, 0.29) is 21.1 Å². The number of fused-ring (bicyclic) bond motifs is 10. The first-order valence-electron chi connectivity index (χ1n) is 9.74. The molecule has 1 aromatic carbocycles. The molecule has 2 aromatic heterocycles. The topological polar surface area (TPSA) is 95.0 Å². The molecule has 32 heavy (non-hydrogen) atoms. The molecule has 0 aliphatic carbocycles. The van der Waals surface area contributed by atoms with Gasteiger partial charge in [0.05, 0.1) is 11.4 Å². The summed E-state index contributed by atoms with van der Waals surface area (Å²) in [5, 5.41) is 9.42. The van der Waals surface area contributed by atoms with Gasteiger partial charge < -0.3 is 39.6 Å². The molecule has 0 unspecified atom stereocenters. The quantitative estimate of drug-likeness (QED) is 0.424. The van der Waals surface area contributed by atoms with Crippen LogP contribution in [0.3, 0.4) is 0 Å². The van der Waals surface area contributed by atoms with Crippen molar-refractivity contribution in [3.63, 3.8) is 0 Å². The molecule has 0 amide bonds. The van der Waals surface area contributed by atoms with Crippen LogP contribution >= 0.6 is 0 Å². The van der Waals surface area contributed by atoms with Crippen LogP contribution in [0.15, 0.2) is 65.1 Å². The number of guanidine groups is 2. The Morgan fingerprint density at radius 2 is 1.28 bits per heavy atom. The number of aliphatic imine (C=N–C) groups is 2. The zero-order valence-electron chi connectivity index (χ0n) is 17.5. The van der Waals surface area contributed by atoms with Gasteiger partial charge in [0.25, 0.3) is 0 Å². The van der Waals surface area contributed by atoms with Gasteiger partial charge in [0.1, 0.15) is 0 Å². The molecular weight excluding hydrogens is 587 g/mol. The summed E-state index contributed by atoms with van der Waals surface area (Å²) in [6.07, 6.45) is 7.64. The minimum Gasteiger partial charge on any atom is -0.406 e. The molecule has 0 spiro atoms. The second-order valence-corrected chi connectivity index (χ2v) is 7.47. The molecule has 0 radical (unpaired) electrons. The SMILES string of the molecule is CN1C=C2[N-]C1=Nc1nc(cn1C)C1=CN(c3ccccc3)C(=Nc3nc2cn3C)[N-]1.[Pt+2]. The number of hydrogen-bond acceptors (Lipinski definition) is 6. The Morgan fingerprint density at radius 1 is 0.719 bits per heavy atom. The van der Waals surface area contributed by atoms with Crippen LogP contribution in [0, 0.1) is 0 Å². The van der Waals surface area contributed by atoms with E-state index >= 15 is 0 Å². The summed E-state index contributed by atoms with van der Waals surface area (Å²) in [6.45, 7) is 0. The zero-order valence-corrected chi connectivity index (χ0v) is 19.8. The molecule has 3 aliphatic heterocycles. The van der Waals surface area contributed by atoms with Gasteiger partial charge in [-0.2, -0.15) is 0 Å². The van der Waals surface area contributed by atoms with Crippen LogP contribution in [-0.4, -0.2) is 43.0 Å². The van der Waals surface area contributed by atoms with Crippen LogP contribution < -0.4 is 4.90 Å². The number of benzene rings is 1. The standard InChI is InChI=1S/C21H18N10.Pt/c1-28-9-14-15-10-30(3)20(23-15)27-21-25-17(12-31(21)13-7-5-4-6-8-13)16-11-29(2)19(24-16)26-18(28)22-14;/h4-12H,1-3H3;/q-2;+2. The minimum atomic E-state index is 0. The number of imidazole rings is 2. The molecule has 3 aromatic rings. The van der Waals surface area contributed by atoms with E-state index in [1.165, 1.54) is 0 Å². The average Bonchev–Trinajstić information content (AvgIpc) is 3.51. The molecular formula is C21H18N10Pt. The molecule has 0 N–H and O–H groups in total. The predicted molar refractivity (Wildman–Crippen MR) is 120 cm³/mol. The largest absolute Gasteiger partial charge is 2.00 e. The van der Waals surface area contributed by atoms with E-state index in [1.807, 2.05) is 95.2 Å². The average molecular weight is 606 g/mol. The summed E-state index contributed by atoms with van der Waals surface area (Å²) in [6, 6.07) is 9.96. The molecule has 0 atom stereocenters. The first-order chi connectivity index (χ1) is 15.0. The fourth-order valence-corrected chi connectivity index (χ4v) is 3.58. The Morgan fingerprint density at radius 3 is 1.94 bits per heavy atom. The Kier molecular flexibility index (Phi) is 4.74. The summed E-state index contributed by atoms with van der Waals surface area (Å²) < 4.78 is 3.72. The van der Waals surface area contributed by atoms with Crippen molar-refractivity contribution < 1.29 is 21.1 Å². The molecule has 0 saturated heterocycles. The molecule has 11 heteroatoms. The molecule has 5 heterocycles. The second-order valence-electron chi connectivity index (χ2n) is 7.47. The predicted octanol–water partition coefficient (Wildman–Crippen LogP) is 3.65. The van der Waals surface area contributed by atoms with E-state index in [0.29, 0.717) is 40.9 Å². The fourth-order valence-electron chi connectivity index (χ4n) is 3.58. The van der Waals surface area contributed by atoms with Crippen molar-refractivity contribution in [3.05, 3.63) is 77.1 Å². The van der Waals surface area contributed by atoms with Crippen LogP contribution in [0.25, 0.3) is 22.0 Å². The Bertz CT molecular complexity index is 1330. The number of rotatable bonds is 1. The normalized spacial score (nSPS) is 16.2. The van der Waals surface area contributed by atoms with Crippen molar-refractivity contribution in [2.75, 3.05) is 11.9 Å². The van der Waals surface area contributed by atoms with Crippen molar-refractivity contribution in [2.45, 2.75) is 0 Å². The van der Waals surface area contributed by atoms with Crippen LogP contribution in [0.5, 0.6) is 0 Å². The van der Waals surface area contributed by atoms with E-state index in [9.17, 15) is 0 Å². The maximum Gasteiger partial charge on any atom is 2.00 e. The molecule has 0 fully saturated rings. The van der Waals surface area contributed by atoms with Crippen LogP contribution in [-0.2, 0) is 35.2 Å². The number of para-hydroxylation sites is 1. The molecule has 162 valence electrons. The van der Waals surface area contributed by atoms with Crippen molar-refractivity contribution >= 4 is 40.9 Å². The summed E-state index contributed by atoms with van der Waals surface area (Å²) in [4.78, 5) is 22.6. The number of hydrogen-bond donors (Lipinski definition) is 0. The first kappa shape index (κ1) is 20.3. The Hall–Kier alpha value is -3.65. The summed E-state index contributed by atoms with van der Waals surface area (Å²) >= 11 is 0. The van der Waals surface area contributed by atoms with Gasteiger partial charge in [0.2, 0.25) is 0 Å². The third kappa shape index (κ3) is 3.23. The van der Waals surface area contributed by atoms with Gasteiger partial charge in [-0.05, 0) is 25.1 Å². The Balaban J connectivity index is 0.00000216. The second kappa shape index (κ2) is 7.49. The van der Waals surface area contributed by atoms with Crippen molar-refractivity contribution in [3.8, 4) is 0 Å². The molecule has 0 saturated carbocycles. The minimum absolute atomic E-state index is 0. The molecule has 10 nitrogen and oxygen atoms in total. The maximum atomic E-state index is 4.77. The number of aryl methyl sites for hydroxylation is 2. The summed E-state index contributed by atoms with van der Waals surface area (Å²) in [7, 11) is 5.71. The third-order valence-electron chi connectivity index (χ3n) is 5.20. The molecule has 6 rings (SSSR count). The van der Waals surface area contributed by atoms with E-state index in [0.717, 1.165) is 11.4 Å². The summed E-state index contributed by atoms with van der Waals surface area (Å²) in [5.41, 5.74) is 3.80. The number of anilines is 1. The van der Waals surface area contributed by atoms with E-state index < -0.39 is 0 Å². The van der Waals surface area contributed by atoms with E-state index in [1.54, 1.807) is 0 Å².